The van der Waals surface area contributed by atoms with Gasteiger partial charge < -0.3 is 14.7 Å². The SMILES string of the molecule is C[C@@H](CCC(=O)N1CC[C@H]2C[C@@H]1C(=O)O2)C(=O)O. The molecular formula is C12H17NO5. The van der Waals surface area contributed by atoms with Crippen molar-refractivity contribution in [2.45, 2.75) is 44.8 Å². The van der Waals surface area contributed by atoms with Crippen LogP contribution in [-0.4, -0.2) is 46.5 Å². The minimum absolute atomic E-state index is 0.0375. The van der Waals surface area contributed by atoms with E-state index in [-0.39, 0.29) is 24.4 Å². The van der Waals surface area contributed by atoms with Crippen molar-refractivity contribution in [3.63, 3.8) is 0 Å². The number of ether oxygens (including phenoxy) is 1. The molecule has 2 heterocycles. The topological polar surface area (TPSA) is 83.9 Å². The lowest BCUT2D eigenvalue weighted by atomic mass is 10.0. The molecule has 2 saturated heterocycles. The molecule has 2 aliphatic heterocycles. The second-order valence-corrected chi connectivity index (χ2v) is 4.96. The number of hydrogen-bond acceptors (Lipinski definition) is 4. The average Bonchev–Trinajstić information content (AvgIpc) is 2.61. The number of rotatable bonds is 4. The van der Waals surface area contributed by atoms with Crippen LogP contribution < -0.4 is 0 Å². The molecule has 0 saturated carbocycles. The van der Waals surface area contributed by atoms with E-state index in [0.717, 1.165) is 0 Å². The Morgan fingerprint density at radius 2 is 2.28 bits per heavy atom. The number of esters is 1. The fourth-order valence-electron chi connectivity index (χ4n) is 2.41. The van der Waals surface area contributed by atoms with E-state index >= 15 is 0 Å². The molecule has 2 bridgehead atoms. The molecule has 100 valence electrons. The highest BCUT2D eigenvalue weighted by Gasteiger charge is 2.44. The molecule has 0 aromatic heterocycles. The molecule has 1 N–H and O–H groups in total. The van der Waals surface area contributed by atoms with Gasteiger partial charge >= 0.3 is 11.9 Å². The quantitative estimate of drug-likeness (QED) is 0.735. The van der Waals surface area contributed by atoms with Crippen LogP contribution in [0.3, 0.4) is 0 Å². The Hall–Kier alpha value is -1.59. The molecule has 18 heavy (non-hydrogen) atoms. The molecule has 2 rings (SSSR count). The molecular weight excluding hydrogens is 238 g/mol. The Morgan fingerprint density at radius 3 is 2.94 bits per heavy atom. The van der Waals surface area contributed by atoms with Gasteiger partial charge in [0.15, 0.2) is 0 Å². The van der Waals surface area contributed by atoms with Crippen LogP contribution >= 0.6 is 0 Å². The zero-order valence-corrected chi connectivity index (χ0v) is 10.3. The number of hydrogen-bond donors (Lipinski definition) is 1. The predicted molar refractivity (Wildman–Crippen MR) is 60.6 cm³/mol. The molecule has 6 heteroatoms. The minimum atomic E-state index is -0.901. The fraction of sp³-hybridized carbons (Fsp3) is 0.750. The van der Waals surface area contributed by atoms with Gasteiger partial charge in [-0.15, -0.1) is 0 Å². The Balaban J connectivity index is 1.89. The number of piperidine rings is 1. The van der Waals surface area contributed by atoms with Gasteiger partial charge in [-0.05, 0) is 6.42 Å². The number of carboxylic acids is 1. The first-order chi connectivity index (χ1) is 8.49. The summed E-state index contributed by atoms with van der Waals surface area (Å²) in [6.45, 7) is 2.10. The summed E-state index contributed by atoms with van der Waals surface area (Å²) >= 11 is 0. The molecule has 2 aliphatic rings. The highest BCUT2D eigenvalue weighted by Crippen LogP contribution is 2.29. The third kappa shape index (κ3) is 2.47. The van der Waals surface area contributed by atoms with E-state index in [4.69, 9.17) is 9.84 Å². The standard InChI is InChI=1S/C12H17NO5/c1-7(11(15)16)2-3-10(14)13-5-4-8-6-9(13)12(17)18-8/h7-9H,2-6H2,1H3,(H,15,16)/t7-,8-,9+/m0/s1. The summed E-state index contributed by atoms with van der Waals surface area (Å²) in [6.07, 6.45) is 1.70. The first kappa shape index (κ1) is 12.9. The highest BCUT2D eigenvalue weighted by molar-refractivity contribution is 5.86. The van der Waals surface area contributed by atoms with Gasteiger partial charge in [0.05, 0.1) is 5.92 Å². The second kappa shape index (κ2) is 4.96. The van der Waals surface area contributed by atoms with Gasteiger partial charge in [0.2, 0.25) is 5.91 Å². The molecule has 0 unspecified atom stereocenters. The van der Waals surface area contributed by atoms with E-state index in [1.165, 1.54) is 0 Å². The molecule has 0 aliphatic carbocycles. The van der Waals surface area contributed by atoms with Crippen molar-refractivity contribution in [1.82, 2.24) is 4.90 Å². The van der Waals surface area contributed by atoms with E-state index in [2.05, 4.69) is 0 Å². The van der Waals surface area contributed by atoms with E-state index in [9.17, 15) is 14.4 Å². The number of carbonyl (C=O) groups is 3. The number of aliphatic carboxylic acids is 1. The van der Waals surface area contributed by atoms with E-state index in [0.29, 0.717) is 25.8 Å². The Bertz CT molecular complexity index is 381. The number of carboxylic acid groups (broad SMARTS) is 1. The first-order valence-corrected chi connectivity index (χ1v) is 6.22. The van der Waals surface area contributed by atoms with Crippen LogP contribution in [0.5, 0.6) is 0 Å². The number of nitrogens with zero attached hydrogens (tertiary/aromatic N) is 1. The molecule has 2 fully saturated rings. The van der Waals surface area contributed by atoms with Crippen LogP contribution in [0.2, 0.25) is 0 Å². The van der Waals surface area contributed by atoms with Crippen molar-refractivity contribution >= 4 is 17.8 Å². The molecule has 6 nitrogen and oxygen atoms in total. The Morgan fingerprint density at radius 1 is 1.56 bits per heavy atom. The maximum Gasteiger partial charge on any atom is 0.329 e. The van der Waals surface area contributed by atoms with Crippen molar-refractivity contribution in [3.8, 4) is 0 Å². The summed E-state index contributed by atoms with van der Waals surface area (Å²) in [5, 5.41) is 8.75. The van der Waals surface area contributed by atoms with Crippen molar-refractivity contribution in [2.75, 3.05) is 6.54 Å². The summed E-state index contributed by atoms with van der Waals surface area (Å²) in [7, 11) is 0. The second-order valence-electron chi connectivity index (χ2n) is 4.96. The van der Waals surface area contributed by atoms with Crippen LogP contribution in [0.4, 0.5) is 0 Å². The van der Waals surface area contributed by atoms with Crippen LogP contribution in [0.15, 0.2) is 0 Å². The van der Waals surface area contributed by atoms with Gasteiger partial charge in [-0.3, -0.25) is 9.59 Å². The smallest absolute Gasteiger partial charge is 0.329 e. The van der Waals surface area contributed by atoms with Gasteiger partial charge in [-0.25, -0.2) is 4.79 Å². The monoisotopic (exact) mass is 255 g/mol. The van der Waals surface area contributed by atoms with Gasteiger partial charge in [-0.2, -0.15) is 0 Å². The number of carbonyl (C=O) groups excluding carboxylic acids is 2. The first-order valence-electron chi connectivity index (χ1n) is 6.22. The van der Waals surface area contributed by atoms with Gasteiger partial charge in [-0.1, -0.05) is 6.92 Å². The molecule has 0 aromatic carbocycles. The van der Waals surface area contributed by atoms with Crippen molar-refractivity contribution in [2.24, 2.45) is 5.92 Å². The number of amides is 1. The highest BCUT2D eigenvalue weighted by atomic mass is 16.6. The van der Waals surface area contributed by atoms with E-state index in [1.807, 2.05) is 0 Å². The lowest BCUT2D eigenvalue weighted by Crippen LogP contribution is -2.45. The van der Waals surface area contributed by atoms with Gasteiger partial charge in [0, 0.05) is 25.8 Å². The number of fused-ring (bicyclic) bond motifs is 2. The maximum absolute atomic E-state index is 12.0. The lowest BCUT2D eigenvalue weighted by Gasteiger charge is -2.29. The third-order valence-corrected chi connectivity index (χ3v) is 3.64. The third-order valence-electron chi connectivity index (χ3n) is 3.64. The zero-order chi connectivity index (χ0) is 13.3. The molecule has 0 spiro atoms. The van der Waals surface area contributed by atoms with Crippen LogP contribution in [0, 0.1) is 5.92 Å². The summed E-state index contributed by atoms with van der Waals surface area (Å²) in [5.41, 5.74) is 0. The summed E-state index contributed by atoms with van der Waals surface area (Å²) in [5.74, 6) is -1.91. The van der Waals surface area contributed by atoms with Crippen molar-refractivity contribution in [1.29, 1.82) is 0 Å². The average molecular weight is 255 g/mol. The van der Waals surface area contributed by atoms with Crippen LogP contribution in [-0.2, 0) is 19.1 Å². The lowest BCUT2D eigenvalue weighted by molar-refractivity contribution is -0.147. The summed E-state index contributed by atoms with van der Waals surface area (Å²) in [6, 6.07) is -0.448. The predicted octanol–water partition coefficient (Wildman–Crippen LogP) is 0.404. The van der Waals surface area contributed by atoms with E-state index < -0.39 is 17.9 Å². The molecule has 1 amide bonds. The Kier molecular flexibility index (Phi) is 3.54. The molecule has 0 radical (unpaired) electrons. The normalized spacial score (nSPS) is 27.8. The fourth-order valence-corrected chi connectivity index (χ4v) is 2.41. The maximum atomic E-state index is 12.0. The molecule has 3 atom stereocenters. The van der Waals surface area contributed by atoms with Crippen molar-refractivity contribution in [3.05, 3.63) is 0 Å². The van der Waals surface area contributed by atoms with Crippen LogP contribution in [0.1, 0.15) is 32.6 Å². The van der Waals surface area contributed by atoms with Crippen molar-refractivity contribution < 1.29 is 24.2 Å². The van der Waals surface area contributed by atoms with Gasteiger partial charge in [0.1, 0.15) is 12.1 Å². The minimum Gasteiger partial charge on any atom is -0.481 e. The van der Waals surface area contributed by atoms with Gasteiger partial charge in [0.25, 0.3) is 0 Å². The van der Waals surface area contributed by atoms with E-state index in [1.54, 1.807) is 11.8 Å². The number of likely N-dealkylation sites (tertiary alicyclic amines) is 1. The zero-order valence-electron chi connectivity index (χ0n) is 10.3. The Labute approximate surface area is 105 Å². The molecule has 0 aromatic rings. The largest absolute Gasteiger partial charge is 0.481 e. The summed E-state index contributed by atoms with van der Waals surface area (Å²) in [4.78, 5) is 35.7. The summed E-state index contributed by atoms with van der Waals surface area (Å²) < 4.78 is 5.10. The van der Waals surface area contributed by atoms with Crippen LogP contribution in [0.25, 0.3) is 0 Å².